The summed E-state index contributed by atoms with van der Waals surface area (Å²) in [6.07, 6.45) is 2.11. The SMILES string of the molecule is Cc1c(Cl)cccc1CC1=NCC(C)C1. The van der Waals surface area contributed by atoms with Gasteiger partial charge in [-0.25, -0.2) is 0 Å². The van der Waals surface area contributed by atoms with Crippen molar-refractivity contribution in [2.45, 2.75) is 26.7 Å². The average Bonchev–Trinajstić information content (AvgIpc) is 2.59. The summed E-state index contributed by atoms with van der Waals surface area (Å²) >= 11 is 6.09. The topological polar surface area (TPSA) is 12.4 Å². The second-order valence-electron chi connectivity index (χ2n) is 4.42. The van der Waals surface area contributed by atoms with Gasteiger partial charge in [0.1, 0.15) is 0 Å². The quantitative estimate of drug-likeness (QED) is 0.723. The molecule has 0 aliphatic carbocycles. The Balaban J connectivity index is 2.15. The van der Waals surface area contributed by atoms with E-state index < -0.39 is 0 Å². The lowest BCUT2D eigenvalue weighted by Crippen LogP contribution is -2.03. The van der Waals surface area contributed by atoms with E-state index in [-0.39, 0.29) is 0 Å². The number of benzene rings is 1. The molecular weight excluding hydrogens is 206 g/mol. The molecule has 2 rings (SSSR count). The molecule has 15 heavy (non-hydrogen) atoms. The zero-order valence-corrected chi connectivity index (χ0v) is 10.0. The second kappa shape index (κ2) is 4.36. The summed E-state index contributed by atoms with van der Waals surface area (Å²) in [7, 11) is 0. The third kappa shape index (κ3) is 2.40. The van der Waals surface area contributed by atoms with Crippen LogP contribution in [0.1, 0.15) is 24.5 Å². The van der Waals surface area contributed by atoms with E-state index in [4.69, 9.17) is 11.6 Å². The first-order valence-corrected chi connectivity index (χ1v) is 5.81. The molecule has 0 aromatic heterocycles. The molecule has 80 valence electrons. The number of hydrogen-bond acceptors (Lipinski definition) is 1. The highest BCUT2D eigenvalue weighted by Crippen LogP contribution is 2.22. The van der Waals surface area contributed by atoms with Crippen LogP contribution in [0.3, 0.4) is 0 Å². The molecule has 0 amide bonds. The molecule has 1 aromatic rings. The summed E-state index contributed by atoms with van der Waals surface area (Å²) in [4.78, 5) is 4.56. The molecule has 0 radical (unpaired) electrons. The fraction of sp³-hybridized carbons (Fsp3) is 0.462. The van der Waals surface area contributed by atoms with Gasteiger partial charge in [0, 0.05) is 23.7 Å². The molecule has 0 N–H and O–H groups in total. The zero-order chi connectivity index (χ0) is 10.8. The molecule has 1 nitrogen and oxygen atoms in total. The number of nitrogens with zero attached hydrogens (tertiary/aromatic N) is 1. The fourth-order valence-electron chi connectivity index (χ4n) is 2.01. The van der Waals surface area contributed by atoms with E-state index in [0.717, 1.165) is 30.3 Å². The smallest absolute Gasteiger partial charge is 0.0438 e. The molecule has 1 aliphatic heterocycles. The molecule has 0 saturated carbocycles. The number of halogens is 1. The van der Waals surface area contributed by atoms with E-state index >= 15 is 0 Å². The Labute approximate surface area is 96.2 Å². The molecule has 1 aromatic carbocycles. The largest absolute Gasteiger partial charge is 0.293 e. The van der Waals surface area contributed by atoms with Crippen molar-refractivity contribution in [3.63, 3.8) is 0 Å². The molecule has 0 bridgehead atoms. The molecule has 1 atom stereocenters. The maximum atomic E-state index is 6.09. The number of rotatable bonds is 2. The molecule has 2 heteroatoms. The van der Waals surface area contributed by atoms with Crippen LogP contribution >= 0.6 is 11.6 Å². The number of aliphatic imine (C=N–C) groups is 1. The average molecular weight is 222 g/mol. The molecule has 1 unspecified atom stereocenters. The maximum Gasteiger partial charge on any atom is 0.0438 e. The lowest BCUT2D eigenvalue weighted by molar-refractivity contribution is 0.663. The van der Waals surface area contributed by atoms with E-state index in [0.29, 0.717) is 0 Å². The Kier molecular flexibility index (Phi) is 3.11. The van der Waals surface area contributed by atoms with Crippen molar-refractivity contribution < 1.29 is 0 Å². The summed E-state index contributed by atoms with van der Waals surface area (Å²) < 4.78 is 0. The van der Waals surface area contributed by atoms with Gasteiger partial charge >= 0.3 is 0 Å². The first kappa shape index (κ1) is 10.7. The van der Waals surface area contributed by atoms with Gasteiger partial charge < -0.3 is 0 Å². The lowest BCUT2D eigenvalue weighted by Gasteiger charge is -2.07. The monoisotopic (exact) mass is 221 g/mol. The Morgan fingerprint density at radius 1 is 1.47 bits per heavy atom. The Hall–Kier alpha value is -0.820. The normalized spacial score (nSPS) is 20.5. The summed E-state index contributed by atoms with van der Waals surface area (Å²) in [5.41, 5.74) is 3.84. The number of hydrogen-bond donors (Lipinski definition) is 0. The standard InChI is InChI=1S/C13H16ClN/c1-9-6-12(15-8-9)7-11-4-3-5-13(14)10(11)2/h3-5,9H,6-8H2,1-2H3. The van der Waals surface area contributed by atoms with E-state index in [1.54, 1.807) is 0 Å². The van der Waals surface area contributed by atoms with Gasteiger partial charge in [0.15, 0.2) is 0 Å². The summed E-state index contributed by atoms with van der Waals surface area (Å²) in [6.45, 7) is 5.33. The molecule has 0 spiro atoms. The molecule has 1 heterocycles. The summed E-state index contributed by atoms with van der Waals surface area (Å²) in [5.74, 6) is 0.722. The molecule has 0 fully saturated rings. The third-order valence-corrected chi connectivity index (χ3v) is 3.39. The van der Waals surface area contributed by atoms with Crippen LogP contribution in [0, 0.1) is 12.8 Å². The van der Waals surface area contributed by atoms with Gasteiger partial charge in [0.25, 0.3) is 0 Å². The van der Waals surface area contributed by atoms with E-state index in [9.17, 15) is 0 Å². The van der Waals surface area contributed by atoms with Crippen molar-refractivity contribution in [3.05, 3.63) is 34.3 Å². The summed E-state index contributed by atoms with van der Waals surface area (Å²) in [5, 5.41) is 0.860. The van der Waals surface area contributed by atoms with Crippen molar-refractivity contribution in [1.82, 2.24) is 0 Å². The van der Waals surface area contributed by atoms with Crippen LogP contribution in [-0.4, -0.2) is 12.3 Å². The van der Waals surface area contributed by atoms with E-state index in [1.165, 1.54) is 16.8 Å². The van der Waals surface area contributed by atoms with Crippen LogP contribution in [0.5, 0.6) is 0 Å². The van der Waals surface area contributed by atoms with Crippen molar-refractivity contribution in [2.75, 3.05) is 6.54 Å². The van der Waals surface area contributed by atoms with Crippen molar-refractivity contribution >= 4 is 17.3 Å². The van der Waals surface area contributed by atoms with Crippen molar-refractivity contribution in [2.24, 2.45) is 10.9 Å². The zero-order valence-electron chi connectivity index (χ0n) is 9.26. The minimum atomic E-state index is 0.722. The fourth-order valence-corrected chi connectivity index (χ4v) is 2.20. The Morgan fingerprint density at radius 2 is 2.27 bits per heavy atom. The minimum absolute atomic E-state index is 0.722. The Bertz CT molecular complexity index is 396. The van der Waals surface area contributed by atoms with Gasteiger partial charge in [-0.2, -0.15) is 0 Å². The maximum absolute atomic E-state index is 6.09. The minimum Gasteiger partial charge on any atom is -0.293 e. The highest BCUT2D eigenvalue weighted by atomic mass is 35.5. The van der Waals surface area contributed by atoms with E-state index in [2.05, 4.69) is 24.9 Å². The Morgan fingerprint density at radius 3 is 2.93 bits per heavy atom. The predicted molar refractivity (Wildman–Crippen MR) is 66.0 cm³/mol. The summed E-state index contributed by atoms with van der Waals surface area (Å²) in [6, 6.07) is 6.11. The van der Waals surface area contributed by atoms with Crippen LogP contribution in [0.25, 0.3) is 0 Å². The van der Waals surface area contributed by atoms with Gasteiger partial charge in [-0.1, -0.05) is 30.7 Å². The van der Waals surface area contributed by atoms with Crippen molar-refractivity contribution in [1.29, 1.82) is 0 Å². The third-order valence-electron chi connectivity index (χ3n) is 2.99. The first-order chi connectivity index (χ1) is 7.16. The van der Waals surface area contributed by atoms with Gasteiger partial charge in [-0.3, -0.25) is 4.99 Å². The van der Waals surface area contributed by atoms with Crippen LogP contribution in [-0.2, 0) is 6.42 Å². The first-order valence-electron chi connectivity index (χ1n) is 5.43. The van der Waals surface area contributed by atoms with Crippen molar-refractivity contribution in [3.8, 4) is 0 Å². The predicted octanol–water partition coefficient (Wildman–Crippen LogP) is 3.67. The lowest BCUT2D eigenvalue weighted by atomic mass is 9.99. The second-order valence-corrected chi connectivity index (χ2v) is 4.82. The van der Waals surface area contributed by atoms with Gasteiger partial charge in [-0.15, -0.1) is 0 Å². The van der Waals surface area contributed by atoms with Gasteiger partial charge in [0.2, 0.25) is 0 Å². The molecule has 1 aliphatic rings. The van der Waals surface area contributed by atoms with Crippen LogP contribution < -0.4 is 0 Å². The van der Waals surface area contributed by atoms with Crippen LogP contribution in [0.4, 0.5) is 0 Å². The van der Waals surface area contributed by atoms with Crippen LogP contribution in [0.2, 0.25) is 5.02 Å². The highest BCUT2D eigenvalue weighted by Gasteiger charge is 2.15. The highest BCUT2D eigenvalue weighted by molar-refractivity contribution is 6.31. The molecule has 0 saturated heterocycles. The molecular formula is C13H16ClN. The van der Waals surface area contributed by atoms with Gasteiger partial charge in [-0.05, 0) is 36.5 Å². The van der Waals surface area contributed by atoms with Gasteiger partial charge in [0.05, 0.1) is 0 Å². The van der Waals surface area contributed by atoms with E-state index in [1.807, 2.05) is 12.1 Å². The van der Waals surface area contributed by atoms with Crippen LogP contribution in [0.15, 0.2) is 23.2 Å².